The molecule has 1 aromatic carbocycles. The molecule has 0 N–H and O–H groups in total. The maximum absolute atomic E-state index is 5.38. The summed E-state index contributed by atoms with van der Waals surface area (Å²) >= 11 is 0. The van der Waals surface area contributed by atoms with Gasteiger partial charge in [-0.25, -0.2) is 0 Å². The summed E-state index contributed by atoms with van der Waals surface area (Å²) in [7, 11) is 6.20. The summed E-state index contributed by atoms with van der Waals surface area (Å²) < 4.78 is 16.1. The van der Waals surface area contributed by atoms with Crippen molar-refractivity contribution in [3.8, 4) is 17.2 Å². The summed E-state index contributed by atoms with van der Waals surface area (Å²) in [6.07, 6.45) is 7.22. The maximum Gasteiger partial charge on any atom is 0.203 e. The third kappa shape index (κ3) is 4.04. The number of pyridine rings is 1. The second-order valence-corrected chi connectivity index (χ2v) is 4.69. The van der Waals surface area contributed by atoms with Gasteiger partial charge in [0.05, 0.1) is 21.3 Å². The third-order valence-electron chi connectivity index (χ3n) is 3.29. The molecule has 1 aromatic heterocycles. The standard InChI is InChI=1S/C18H20N2O4/c1-21-16-11-14(12-17(22-2)18(16)23-3)15(20-24-4)6-5-13-7-9-19-10-8-13/h5-12H,1-4H3/b6-5+,20-15-. The Labute approximate surface area is 141 Å². The van der Waals surface area contributed by atoms with Crippen molar-refractivity contribution in [3.05, 3.63) is 53.9 Å². The molecule has 6 nitrogen and oxygen atoms in total. The number of benzene rings is 1. The van der Waals surface area contributed by atoms with Gasteiger partial charge < -0.3 is 19.0 Å². The van der Waals surface area contributed by atoms with E-state index in [0.717, 1.165) is 11.1 Å². The molecule has 0 aliphatic heterocycles. The average molecular weight is 328 g/mol. The van der Waals surface area contributed by atoms with Crippen LogP contribution in [0.5, 0.6) is 17.2 Å². The van der Waals surface area contributed by atoms with Crippen LogP contribution >= 0.6 is 0 Å². The highest BCUT2D eigenvalue weighted by molar-refractivity contribution is 6.11. The molecule has 24 heavy (non-hydrogen) atoms. The van der Waals surface area contributed by atoms with Crippen LogP contribution in [0.2, 0.25) is 0 Å². The lowest BCUT2D eigenvalue weighted by Crippen LogP contribution is -2.02. The third-order valence-corrected chi connectivity index (χ3v) is 3.29. The molecule has 0 aliphatic rings. The molecule has 0 unspecified atom stereocenters. The summed E-state index contributed by atoms with van der Waals surface area (Å²) in [6.45, 7) is 0. The van der Waals surface area contributed by atoms with Gasteiger partial charge in [0, 0.05) is 18.0 Å². The minimum absolute atomic E-state index is 0.527. The lowest BCUT2D eigenvalue weighted by molar-refractivity contribution is 0.214. The minimum Gasteiger partial charge on any atom is -0.493 e. The summed E-state index contributed by atoms with van der Waals surface area (Å²) in [5, 5.41) is 4.08. The molecular formula is C18H20N2O4. The van der Waals surface area contributed by atoms with Crippen molar-refractivity contribution in [3.63, 3.8) is 0 Å². The van der Waals surface area contributed by atoms with E-state index in [1.807, 2.05) is 36.4 Å². The van der Waals surface area contributed by atoms with Crippen LogP contribution in [0.4, 0.5) is 0 Å². The summed E-state index contributed by atoms with van der Waals surface area (Å²) in [5.41, 5.74) is 2.39. The molecule has 0 fully saturated rings. The van der Waals surface area contributed by atoms with Gasteiger partial charge in [0.15, 0.2) is 11.5 Å². The van der Waals surface area contributed by atoms with E-state index in [1.54, 1.807) is 33.7 Å². The molecule has 0 saturated heterocycles. The van der Waals surface area contributed by atoms with Gasteiger partial charge in [0.25, 0.3) is 0 Å². The number of aromatic nitrogens is 1. The fourth-order valence-electron chi connectivity index (χ4n) is 2.16. The monoisotopic (exact) mass is 328 g/mol. The number of allylic oxidation sites excluding steroid dienone is 1. The van der Waals surface area contributed by atoms with Gasteiger partial charge >= 0.3 is 0 Å². The Kier molecular flexibility index (Phi) is 6.19. The molecule has 0 aliphatic carbocycles. The zero-order valence-electron chi connectivity index (χ0n) is 14.1. The average Bonchev–Trinajstić information content (AvgIpc) is 2.64. The molecule has 0 amide bonds. The van der Waals surface area contributed by atoms with E-state index in [1.165, 1.54) is 7.11 Å². The number of rotatable bonds is 7. The summed E-state index contributed by atoms with van der Waals surface area (Å²) in [5.74, 6) is 1.62. The molecule has 0 radical (unpaired) electrons. The highest BCUT2D eigenvalue weighted by Crippen LogP contribution is 2.38. The number of ether oxygens (including phenoxy) is 3. The Morgan fingerprint density at radius 2 is 1.58 bits per heavy atom. The van der Waals surface area contributed by atoms with Crippen LogP contribution in [0.15, 0.2) is 47.9 Å². The van der Waals surface area contributed by atoms with Crippen molar-refractivity contribution in [1.82, 2.24) is 4.98 Å². The van der Waals surface area contributed by atoms with Crippen molar-refractivity contribution in [2.45, 2.75) is 0 Å². The Balaban J connectivity index is 2.45. The lowest BCUT2D eigenvalue weighted by Gasteiger charge is -2.14. The summed E-state index contributed by atoms with van der Waals surface area (Å²) in [4.78, 5) is 8.96. The molecule has 0 bridgehead atoms. The van der Waals surface area contributed by atoms with E-state index in [4.69, 9.17) is 19.0 Å². The largest absolute Gasteiger partial charge is 0.493 e. The second-order valence-electron chi connectivity index (χ2n) is 4.69. The molecule has 0 atom stereocenters. The zero-order chi connectivity index (χ0) is 17.4. The number of nitrogens with zero attached hydrogens (tertiary/aromatic N) is 2. The van der Waals surface area contributed by atoms with E-state index in [-0.39, 0.29) is 0 Å². The van der Waals surface area contributed by atoms with Gasteiger partial charge in [-0.05, 0) is 35.9 Å². The molecule has 1 heterocycles. The van der Waals surface area contributed by atoms with Crippen LogP contribution in [0.3, 0.4) is 0 Å². The quantitative estimate of drug-likeness (QED) is 0.577. The van der Waals surface area contributed by atoms with Gasteiger partial charge in [-0.1, -0.05) is 11.2 Å². The highest BCUT2D eigenvalue weighted by Gasteiger charge is 2.15. The normalized spacial score (nSPS) is 11.4. The van der Waals surface area contributed by atoms with Gasteiger partial charge in [-0.15, -0.1) is 0 Å². The molecule has 0 spiro atoms. The van der Waals surface area contributed by atoms with E-state index < -0.39 is 0 Å². The van der Waals surface area contributed by atoms with Gasteiger partial charge in [-0.2, -0.15) is 0 Å². The predicted molar refractivity (Wildman–Crippen MR) is 92.9 cm³/mol. The minimum atomic E-state index is 0.527. The smallest absolute Gasteiger partial charge is 0.203 e. The van der Waals surface area contributed by atoms with Crippen molar-refractivity contribution >= 4 is 11.8 Å². The Morgan fingerprint density at radius 3 is 2.08 bits per heavy atom. The first-order chi connectivity index (χ1) is 11.7. The topological polar surface area (TPSA) is 62.2 Å². The van der Waals surface area contributed by atoms with Crippen molar-refractivity contribution < 1.29 is 19.0 Å². The van der Waals surface area contributed by atoms with Crippen molar-refractivity contribution in [2.24, 2.45) is 5.16 Å². The predicted octanol–water partition coefficient (Wildman–Crippen LogP) is 3.17. The van der Waals surface area contributed by atoms with Gasteiger partial charge in [0.1, 0.15) is 12.8 Å². The first-order valence-corrected chi connectivity index (χ1v) is 7.23. The zero-order valence-corrected chi connectivity index (χ0v) is 14.1. The van der Waals surface area contributed by atoms with E-state index in [9.17, 15) is 0 Å². The molecule has 6 heteroatoms. The Hall–Kier alpha value is -3.02. The van der Waals surface area contributed by atoms with Crippen LogP contribution < -0.4 is 14.2 Å². The molecule has 126 valence electrons. The van der Waals surface area contributed by atoms with E-state index >= 15 is 0 Å². The van der Waals surface area contributed by atoms with Crippen molar-refractivity contribution in [2.75, 3.05) is 28.4 Å². The first kappa shape index (κ1) is 17.3. The molecular weight excluding hydrogens is 308 g/mol. The van der Waals surface area contributed by atoms with Crippen LogP contribution in [-0.4, -0.2) is 39.1 Å². The number of methoxy groups -OCH3 is 3. The lowest BCUT2D eigenvalue weighted by atomic mass is 10.1. The number of oxime groups is 1. The van der Waals surface area contributed by atoms with E-state index in [0.29, 0.717) is 23.0 Å². The van der Waals surface area contributed by atoms with E-state index in [2.05, 4.69) is 10.1 Å². The molecule has 2 rings (SSSR count). The Morgan fingerprint density at radius 1 is 0.958 bits per heavy atom. The van der Waals surface area contributed by atoms with Gasteiger partial charge in [0.2, 0.25) is 5.75 Å². The second kappa shape index (κ2) is 8.57. The fraction of sp³-hybridized carbons (Fsp3) is 0.222. The van der Waals surface area contributed by atoms with Crippen LogP contribution in [0, 0.1) is 0 Å². The first-order valence-electron chi connectivity index (χ1n) is 7.23. The number of hydrogen-bond acceptors (Lipinski definition) is 6. The Bertz CT molecular complexity index is 702. The van der Waals surface area contributed by atoms with Crippen LogP contribution in [-0.2, 0) is 4.84 Å². The van der Waals surface area contributed by atoms with Gasteiger partial charge in [-0.3, -0.25) is 4.98 Å². The SMILES string of the molecule is CO/N=C(/C=C/c1ccncc1)c1cc(OC)c(OC)c(OC)c1. The molecule has 0 saturated carbocycles. The maximum atomic E-state index is 5.38. The van der Waals surface area contributed by atoms with Crippen molar-refractivity contribution in [1.29, 1.82) is 0 Å². The van der Waals surface area contributed by atoms with Crippen LogP contribution in [0.1, 0.15) is 11.1 Å². The summed E-state index contributed by atoms with van der Waals surface area (Å²) in [6, 6.07) is 7.43. The fourth-order valence-corrected chi connectivity index (χ4v) is 2.16. The number of hydrogen-bond donors (Lipinski definition) is 0. The molecule has 2 aromatic rings. The van der Waals surface area contributed by atoms with Crippen LogP contribution in [0.25, 0.3) is 6.08 Å². The highest BCUT2D eigenvalue weighted by atomic mass is 16.6.